The second kappa shape index (κ2) is 3.96. The van der Waals surface area contributed by atoms with Gasteiger partial charge in [-0.15, -0.1) is 0 Å². The lowest BCUT2D eigenvalue weighted by Gasteiger charge is -2.12. The first kappa shape index (κ1) is 12.3. The Morgan fingerprint density at radius 1 is 1.44 bits per heavy atom. The van der Waals surface area contributed by atoms with E-state index in [-0.39, 0.29) is 5.82 Å². The summed E-state index contributed by atoms with van der Waals surface area (Å²) in [6.45, 7) is 0. The Morgan fingerprint density at radius 2 is 2.06 bits per heavy atom. The fraction of sp³-hybridized carbons (Fsp3) is 0.400. The first-order chi connectivity index (χ1) is 7.34. The van der Waals surface area contributed by atoms with E-state index in [1.54, 1.807) is 6.07 Å². The van der Waals surface area contributed by atoms with Crippen molar-refractivity contribution in [1.82, 2.24) is 0 Å². The lowest BCUT2D eigenvalue weighted by molar-refractivity contribution is 0.589. The second-order valence-electron chi connectivity index (χ2n) is 4.03. The van der Waals surface area contributed by atoms with Gasteiger partial charge in [-0.2, -0.15) is 0 Å². The van der Waals surface area contributed by atoms with Crippen LogP contribution in [0.25, 0.3) is 0 Å². The minimum Gasteiger partial charge on any atom is -0.212 e. The molecule has 0 aliphatic heterocycles. The standard InChI is InChI=1S/C10H9BrClFO2S/c11-9-5-8(13)2-1-7(9)6-10(3-4-10)16(12,14)15/h1-2,5H,3-4,6H2. The minimum absolute atomic E-state index is 0.333. The average Bonchev–Trinajstić information content (AvgIpc) is 2.90. The molecule has 1 aromatic rings. The Labute approximate surface area is 106 Å². The van der Waals surface area contributed by atoms with Crippen LogP contribution in [0.1, 0.15) is 18.4 Å². The van der Waals surface area contributed by atoms with E-state index in [0.717, 1.165) is 5.56 Å². The molecule has 0 N–H and O–H groups in total. The van der Waals surface area contributed by atoms with Gasteiger partial charge in [0.15, 0.2) is 0 Å². The molecule has 0 heterocycles. The van der Waals surface area contributed by atoms with Crippen LogP contribution in [0.5, 0.6) is 0 Å². The van der Waals surface area contributed by atoms with Crippen molar-refractivity contribution in [2.75, 3.05) is 0 Å². The summed E-state index contributed by atoms with van der Waals surface area (Å²) < 4.78 is 35.3. The molecular formula is C10H9BrClFO2S. The number of hydrogen-bond acceptors (Lipinski definition) is 2. The third kappa shape index (κ3) is 2.26. The lowest BCUT2D eigenvalue weighted by atomic mass is 10.1. The van der Waals surface area contributed by atoms with E-state index in [0.29, 0.717) is 23.7 Å². The summed E-state index contributed by atoms with van der Waals surface area (Å²) in [5, 5.41) is 0. The molecule has 0 spiro atoms. The van der Waals surface area contributed by atoms with E-state index in [1.165, 1.54) is 12.1 Å². The summed E-state index contributed by atoms with van der Waals surface area (Å²) in [5.74, 6) is -0.353. The van der Waals surface area contributed by atoms with Gasteiger partial charge in [-0.1, -0.05) is 22.0 Å². The van der Waals surface area contributed by atoms with Crippen LogP contribution in [-0.2, 0) is 15.5 Å². The highest BCUT2D eigenvalue weighted by Crippen LogP contribution is 2.48. The Kier molecular flexibility index (Phi) is 3.05. The van der Waals surface area contributed by atoms with Crippen LogP contribution in [0.2, 0.25) is 0 Å². The van der Waals surface area contributed by atoms with E-state index in [1.807, 2.05) is 0 Å². The van der Waals surface area contributed by atoms with E-state index in [2.05, 4.69) is 15.9 Å². The maximum absolute atomic E-state index is 12.9. The van der Waals surface area contributed by atoms with Crippen molar-refractivity contribution in [2.45, 2.75) is 24.0 Å². The van der Waals surface area contributed by atoms with E-state index in [9.17, 15) is 12.8 Å². The molecule has 0 saturated heterocycles. The van der Waals surface area contributed by atoms with Gasteiger partial charge >= 0.3 is 0 Å². The minimum atomic E-state index is -3.56. The predicted molar refractivity (Wildman–Crippen MR) is 64.5 cm³/mol. The number of halogens is 3. The number of rotatable bonds is 3. The Bertz CT molecular complexity index is 526. The van der Waals surface area contributed by atoms with Crippen LogP contribution < -0.4 is 0 Å². The van der Waals surface area contributed by atoms with Crippen molar-refractivity contribution in [2.24, 2.45) is 0 Å². The molecule has 1 aromatic carbocycles. The maximum Gasteiger partial charge on any atom is 0.238 e. The molecule has 88 valence electrons. The fourth-order valence-electron chi connectivity index (χ4n) is 1.66. The van der Waals surface area contributed by atoms with Crippen LogP contribution >= 0.6 is 26.6 Å². The normalized spacial score (nSPS) is 18.4. The highest BCUT2D eigenvalue weighted by atomic mass is 79.9. The Hall–Kier alpha value is -0.130. The van der Waals surface area contributed by atoms with Gasteiger partial charge in [0.25, 0.3) is 0 Å². The molecule has 1 saturated carbocycles. The topological polar surface area (TPSA) is 34.1 Å². The third-order valence-corrected chi connectivity index (χ3v) is 6.16. The molecule has 0 bridgehead atoms. The van der Waals surface area contributed by atoms with E-state index in [4.69, 9.17) is 10.7 Å². The van der Waals surface area contributed by atoms with Crippen molar-refractivity contribution in [3.8, 4) is 0 Å². The van der Waals surface area contributed by atoms with Gasteiger partial charge in [0.1, 0.15) is 5.82 Å². The molecule has 2 rings (SSSR count). The first-order valence-electron chi connectivity index (χ1n) is 4.72. The van der Waals surface area contributed by atoms with Gasteiger partial charge in [0.2, 0.25) is 9.05 Å². The summed E-state index contributed by atoms with van der Waals surface area (Å²) >= 11 is 3.22. The largest absolute Gasteiger partial charge is 0.238 e. The highest BCUT2D eigenvalue weighted by molar-refractivity contribution is 9.10. The van der Waals surface area contributed by atoms with Crippen LogP contribution in [0.15, 0.2) is 22.7 Å². The van der Waals surface area contributed by atoms with Crippen molar-refractivity contribution >= 4 is 35.7 Å². The van der Waals surface area contributed by atoms with Gasteiger partial charge in [-0.25, -0.2) is 12.8 Å². The molecule has 2 nitrogen and oxygen atoms in total. The van der Waals surface area contributed by atoms with Crippen LogP contribution in [-0.4, -0.2) is 13.2 Å². The van der Waals surface area contributed by atoms with E-state index >= 15 is 0 Å². The van der Waals surface area contributed by atoms with Crippen LogP contribution in [0.3, 0.4) is 0 Å². The maximum atomic E-state index is 12.9. The SMILES string of the molecule is O=S(=O)(Cl)C1(Cc2ccc(F)cc2Br)CC1. The molecule has 0 atom stereocenters. The van der Waals surface area contributed by atoms with Gasteiger partial charge in [-0.3, -0.25) is 0 Å². The lowest BCUT2D eigenvalue weighted by Crippen LogP contribution is -2.21. The molecule has 6 heteroatoms. The summed E-state index contributed by atoms with van der Waals surface area (Å²) in [6.07, 6.45) is 1.48. The Morgan fingerprint density at radius 3 is 2.50 bits per heavy atom. The predicted octanol–water partition coefficient (Wildman–Crippen LogP) is 3.23. The van der Waals surface area contributed by atoms with Crippen molar-refractivity contribution in [1.29, 1.82) is 0 Å². The number of hydrogen-bond donors (Lipinski definition) is 0. The molecule has 0 radical (unpaired) electrons. The van der Waals surface area contributed by atoms with Crippen molar-refractivity contribution < 1.29 is 12.8 Å². The average molecular weight is 328 g/mol. The summed E-state index contributed by atoms with van der Waals surface area (Å²) in [5.41, 5.74) is 0.767. The van der Waals surface area contributed by atoms with Gasteiger partial charge < -0.3 is 0 Å². The zero-order chi connectivity index (χ0) is 12.0. The third-order valence-electron chi connectivity index (χ3n) is 2.85. The zero-order valence-electron chi connectivity index (χ0n) is 8.21. The van der Waals surface area contributed by atoms with Crippen LogP contribution in [0.4, 0.5) is 4.39 Å². The molecular weight excluding hydrogens is 319 g/mol. The second-order valence-corrected chi connectivity index (χ2v) is 7.85. The number of benzene rings is 1. The Balaban J connectivity index is 2.29. The molecule has 1 aliphatic carbocycles. The summed E-state index contributed by atoms with van der Waals surface area (Å²) in [4.78, 5) is 0. The smallest absolute Gasteiger partial charge is 0.212 e. The molecule has 1 aliphatic rings. The van der Waals surface area contributed by atoms with Crippen molar-refractivity contribution in [3.05, 3.63) is 34.1 Å². The molecule has 0 amide bonds. The first-order valence-corrected chi connectivity index (χ1v) is 7.82. The van der Waals surface area contributed by atoms with Gasteiger partial charge in [0, 0.05) is 15.2 Å². The molecule has 16 heavy (non-hydrogen) atoms. The van der Waals surface area contributed by atoms with Crippen LogP contribution in [0, 0.1) is 5.82 Å². The molecule has 0 unspecified atom stereocenters. The summed E-state index contributed by atoms with van der Waals surface area (Å²) in [6, 6.07) is 4.23. The quantitative estimate of drug-likeness (QED) is 0.799. The highest BCUT2D eigenvalue weighted by Gasteiger charge is 2.53. The summed E-state index contributed by atoms with van der Waals surface area (Å²) in [7, 11) is 1.84. The van der Waals surface area contributed by atoms with Crippen molar-refractivity contribution in [3.63, 3.8) is 0 Å². The molecule has 1 fully saturated rings. The van der Waals surface area contributed by atoms with Gasteiger partial charge in [0.05, 0.1) is 4.75 Å². The van der Waals surface area contributed by atoms with Gasteiger partial charge in [-0.05, 0) is 37.0 Å². The zero-order valence-corrected chi connectivity index (χ0v) is 11.4. The van der Waals surface area contributed by atoms with E-state index < -0.39 is 13.8 Å². The monoisotopic (exact) mass is 326 g/mol. The fourth-order valence-corrected chi connectivity index (χ4v) is 3.69. The molecule has 0 aromatic heterocycles.